The molecule has 0 aliphatic carbocycles. The van der Waals surface area contributed by atoms with Crippen molar-refractivity contribution in [1.82, 2.24) is 14.7 Å². The van der Waals surface area contributed by atoms with Crippen molar-refractivity contribution < 1.29 is 13.9 Å². The van der Waals surface area contributed by atoms with Gasteiger partial charge in [-0.05, 0) is 30.2 Å². The maximum Gasteiger partial charge on any atom is 0.127 e. The number of benzene rings is 1. The second kappa shape index (κ2) is 7.10. The molecule has 0 spiro atoms. The zero-order valence-corrected chi connectivity index (χ0v) is 13.5. The van der Waals surface area contributed by atoms with Gasteiger partial charge in [0.25, 0.3) is 0 Å². The first-order valence-electron chi connectivity index (χ1n) is 7.79. The van der Waals surface area contributed by atoms with E-state index in [1.807, 2.05) is 30.1 Å². The number of ether oxygens (including phenoxy) is 2. The minimum absolute atomic E-state index is 0.0958. The van der Waals surface area contributed by atoms with Crippen molar-refractivity contribution in [2.75, 3.05) is 26.8 Å². The van der Waals surface area contributed by atoms with Crippen LogP contribution >= 0.6 is 0 Å². The molecule has 1 aliphatic rings. The number of rotatable bonds is 5. The summed E-state index contributed by atoms with van der Waals surface area (Å²) in [6, 6.07) is 4.83. The van der Waals surface area contributed by atoms with E-state index in [9.17, 15) is 4.39 Å². The van der Waals surface area contributed by atoms with E-state index in [-0.39, 0.29) is 11.9 Å². The van der Waals surface area contributed by atoms with Crippen LogP contribution in [0.5, 0.6) is 5.75 Å². The summed E-state index contributed by atoms with van der Waals surface area (Å²) in [7, 11) is 1.55. The second-order valence-corrected chi connectivity index (χ2v) is 5.97. The molecule has 0 amide bonds. The Morgan fingerprint density at radius 2 is 2.26 bits per heavy atom. The van der Waals surface area contributed by atoms with Crippen LogP contribution in [0.15, 0.2) is 30.6 Å². The number of hydrogen-bond acceptors (Lipinski definition) is 4. The van der Waals surface area contributed by atoms with Crippen molar-refractivity contribution in [2.24, 2.45) is 0 Å². The molecule has 0 saturated carbocycles. The predicted octanol–water partition coefficient (Wildman–Crippen LogP) is 2.24. The van der Waals surface area contributed by atoms with Gasteiger partial charge in [-0.1, -0.05) is 0 Å². The third-order valence-corrected chi connectivity index (χ3v) is 3.95. The molecule has 1 unspecified atom stereocenters. The average molecular weight is 319 g/mol. The Hall–Kier alpha value is -1.92. The van der Waals surface area contributed by atoms with Crippen LogP contribution in [0.4, 0.5) is 4.39 Å². The first-order valence-corrected chi connectivity index (χ1v) is 7.79. The van der Waals surface area contributed by atoms with Crippen LogP contribution in [0.1, 0.15) is 11.1 Å². The molecule has 3 rings (SSSR count). The van der Waals surface area contributed by atoms with Crippen molar-refractivity contribution in [2.45, 2.75) is 26.1 Å². The Labute approximate surface area is 135 Å². The van der Waals surface area contributed by atoms with Gasteiger partial charge in [0.15, 0.2) is 0 Å². The summed E-state index contributed by atoms with van der Waals surface area (Å²) >= 11 is 0. The van der Waals surface area contributed by atoms with E-state index in [4.69, 9.17) is 9.47 Å². The van der Waals surface area contributed by atoms with Crippen molar-refractivity contribution in [1.29, 1.82) is 0 Å². The molecule has 2 heterocycles. The highest BCUT2D eigenvalue weighted by Gasteiger charge is 2.21. The quantitative estimate of drug-likeness (QED) is 0.847. The van der Waals surface area contributed by atoms with Gasteiger partial charge >= 0.3 is 0 Å². The zero-order chi connectivity index (χ0) is 16.2. The van der Waals surface area contributed by atoms with E-state index in [0.29, 0.717) is 18.9 Å². The van der Waals surface area contributed by atoms with Crippen molar-refractivity contribution >= 4 is 0 Å². The molecule has 1 aliphatic heterocycles. The normalized spacial score (nSPS) is 19.0. The highest BCUT2D eigenvalue weighted by atomic mass is 19.1. The lowest BCUT2D eigenvalue weighted by atomic mass is 10.1. The molecular weight excluding hydrogens is 297 g/mol. The Balaban J connectivity index is 1.61. The lowest BCUT2D eigenvalue weighted by molar-refractivity contribution is -0.0402. The summed E-state index contributed by atoms with van der Waals surface area (Å²) < 4.78 is 26.5. The molecule has 1 aromatic carbocycles. The molecule has 124 valence electrons. The summed E-state index contributed by atoms with van der Waals surface area (Å²) in [5, 5.41) is 4.31. The number of methoxy groups -OCH3 is 1. The number of morpholine rings is 1. The molecule has 1 atom stereocenters. The lowest BCUT2D eigenvalue weighted by Gasteiger charge is -2.33. The molecule has 2 aromatic rings. The molecule has 1 saturated heterocycles. The van der Waals surface area contributed by atoms with Gasteiger partial charge < -0.3 is 9.47 Å². The van der Waals surface area contributed by atoms with Crippen LogP contribution in [0.25, 0.3) is 0 Å². The molecule has 5 nitrogen and oxygen atoms in total. The highest BCUT2D eigenvalue weighted by molar-refractivity contribution is 5.29. The van der Waals surface area contributed by atoms with Crippen LogP contribution in [0.2, 0.25) is 0 Å². The van der Waals surface area contributed by atoms with E-state index in [1.54, 1.807) is 13.2 Å². The Bertz CT molecular complexity index is 659. The SMILES string of the molecule is COc1cc(F)cc(CN2CCOC(Cn3cc(C)cn3)C2)c1. The molecule has 0 radical (unpaired) electrons. The van der Waals surface area contributed by atoms with Gasteiger partial charge in [0.1, 0.15) is 11.6 Å². The molecular formula is C17H22FN3O2. The van der Waals surface area contributed by atoms with Gasteiger partial charge in [-0.3, -0.25) is 9.58 Å². The first kappa shape index (κ1) is 16.0. The second-order valence-electron chi connectivity index (χ2n) is 5.97. The van der Waals surface area contributed by atoms with Crippen LogP contribution in [-0.4, -0.2) is 47.6 Å². The molecule has 0 bridgehead atoms. The van der Waals surface area contributed by atoms with Crippen LogP contribution in [-0.2, 0) is 17.8 Å². The van der Waals surface area contributed by atoms with E-state index < -0.39 is 0 Å². The monoisotopic (exact) mass is 319 g/mol. The maximum absolute atomic E-state index is 13.6. The predicted molar refractivity (Wildman–Crippen MR) is 84.9 cm³/mol. The fourth-order valence-electron chi connectivity index (χ4n) is 2.90. The fraction of sp³-hybridized carbons (Fsp3) is 0.471. The lowest BCUT2D eigenvalue weighted by Crippen LogP contribution is -2.43. The van der Waals surface area contributed by atoms with Crippen LogP contribution in [0.3, 0.4) is 0 Å². The van der Waals surface area contributed by atoms with Gasteiger partial charge in [0, 0.05) is 31.9 Å². The van der Waals surface area contributed by atoms with E-state index >= 15 is 0 Å². The first-order chi connectivity index (χ1) is 11.1. The Kier molecular flexibility index (Phi) is 4.93. The fourth-order valence-corrected chi connectivity index (χ4v) is 2.90. The van der Waals surface area contributed by atoms with Gasteiger partial charge in [0.2, 0.25) is 0 Å². The number of aromatic nitrogens is 2. The summed E-state index contributed by atoms with van der Waals surface area (Å²) in [6.45, 7) is 5.76. The summed E-state index contributed by atoms with van der Waals surface area (Å²) in [6.07, 6.45) is 3.96. The molecule has 6 heteroatoms. The largest absolute Gasteiger partial charge is 0.497 e. The van der Waals surface area contributed by atoms with Crippen molar-refractivity contribution in [3.8, 4) is 5.75 Å². The number of aryl methyl sites for hydroxylation is 1. The molecule has 1 fully saturated rings. The third kappa shape index (κ3) is 4.30. The standard InChI is InChI=1S/C17H22FN3O2/c1-13-8-19-21(9-13)12-17-11-20(3-4-23-17)10-14-5-15(18)7-16(6-14)22-2/h5-9,17H,3-4,10-12H2,1-2H3. The van der Waals surface area contributed by atoms with Gasteiger partial charge in [-0.15, -0.1) is 0 Å². The molecule has 0 N–H and O–H groups in total. The van der Waals surface area contributed by atoms with Crippen molar-refractivity contribution in [3.05, 3.63) is 47.5 Å². The molecule has 23 heavy (non-hydrogen) atoms. The number of halogens is 1. The average Bonchev–Trinajstić information content (AvgIpc) is 2.92. The topological polar surface area (TPSA) is 39.5 Å². The Morgan fingerprint density at radius 3 is 3.00 bits per heavy atom. The minimum atomic E-state index is -0.267. The van der Waals surface area contributed by atoms with Gasteiger partial charge in [-0.2, -0.15) is 5.10 Å². The third-order valence-electron chi connectivity index (χ3n) is 3.95. The smallest absolute Gasteiger partial charge is 0.127 e. The minimum Gasteiger partial charge on any atom is -0.497 e. The highest BCUT2D eigenvalue weighted by Crippen LogP contribution is 2.19. The number of nitrogens with zero attached hydrogens (tertiary/aromatic N) is 3. The number of hydrogen-bond donors (Lipinski definition) is 0. The van der Waals surface area contributed by atoms with Crippen LogP contribution in [0, 0.1) is 12.7 Å². The van der Waals surface area contributed by atoms with E-state index in [2.05, 4.69) is 10.00 Å². The molecule has 1 aromatic heterocycles. The summed E-state index contributed by atoms with van der Waals surface area (Å²) in [5.41, 5.74) is 2.06. The summed E-state index contributed by atoms with van der Waals surface area (Å²) in [5.74, 6) is 0.285. The summed E-state index contributed by atoms with van der Waals surface area (Å²) in [4.78, 5) is 2.28. The zero-order valence-electron chi connectivity index (χ0n) is 13.5. The van der Waals surface area contributed by atoms with Gasteiger partial charge in [0.05, 0.1) is 32.6 Å². The maximum atomic E-state index is 13.6. The van der Waals surface area contributed by atoms with E-state index in [0.717, 1.165) is 30.8 Å². The van der Waals surface area contributed by atoms with Crippen LogP contribution < -0.4 is 4.74 Å². The van der Waals surface area contributed by atoms with Gasteiger partial charge in [-0.25, -0.2) is 4.39 Å². The van der Waals surface area contributed by atoms with E-state index in [1.165, 1.54) is 6.07 Å². The van der Waals surface area contributed by atoms with Crippen molar-refractivity contribution in [3.63, 3.8) is 0 Å². The Morgan fingerprint density at radius 1 is 1.39 bits per heavy atom.